The Morgan fingerprint density at radius 2 is 2.56 bits per heavy atom. The van der Waals surface area contributed by atoms with Gasteiger partial charge in [0.25, 0.3) is 0 Å². The van der Waals surface area contributed by atoms with Gasteiger partial charge in [0.2, 0.25) is 0 Å². The van der Waals surface area contributed by atoms with Gasteiger partial charge in [-0.1, -0.05) is 6.92 Å². The summed E-state index contributed by atoms with van der Waals surface area (Å²) >= 11 is 0. The highest BCUT2D eigenvalue weighted by Gasteiger charge is 2.15. The minimum absolute atomic E-state index is 0.332. The van der Waals surface area contributed by atoms with Crippen molar-refractivity contribution in [3.8, 4) is 0 Å². The summed E-state index contributed by atoms with van der Waals surface area (Å²) in [4.78, 5) is 0. The van der Waals surface area contributed by atoms with Crippen LogP contribution in [0.2, 0.25) is 0 Å². The Morgan fingerprint density at radius 1 is 1.78 bits per heavy atom. The van der Waals surface area contributed by atoms with Gasteiger partial charge in [-0.25, -0.2) is 0 Å². The summed E-state index contributed by atoms with van der Waals surface area (Å²) in [6.07, 6.45) is 0.332. The summed E-state index contributed by atoms with van der Waals surface area (Å²) in [5.41, 5.74) is 0. The van der Waals surface area contributed by atoms with E-state index >= 15 is 0 Å². The Hall–Kier alpha value is -0.0800. The molecule has 1 heterocycles. The molecule has 0 amide bonds. The first-order valence-corrected chi connectivity index (χ1v) is 3.46. The first-order chi connectivity index (χ1) is 4.30. The fourth-order valence-electron chi connectivity index (χ4n) is 0.951. The average Bonchev–Trinajstić information content (AvgIpc) is 1.90. The first-order valence-electron chi connectivity index (χ1n) is 3.46. The molecule has 0 aromatic carbocycles. The predicted octanol–water partition coefficient (Wildman–Crippen LogP) is 0.445. The standard InChI is InChI=1S/C7H14NO/c1-6(2)7-5-8-3-4-9-7/h6-8H,1,3-5H2,2H3. The normalized spacial score (nSPS) is 29.0. The van der Waals surface area contributed by atoms with Gasteiger partial charge < -0.3 is 10.1 Å². The molecule has 1 rings (SSSR count). The molecule has 2 heteroatoms. The molecule has 1 saturated heterocycles. The lowest BCUT2D eigenvalue weighted by Gasteiger charge is -2.26. The lowest BCUT2D eigenvalue weighted by molar-refractivity contribution is 0.00671. The van der Waals surface area contributed by atoms with Crippen LogP contribution in [0.3, 0.4) is 0 Å². The Balaban J connectivity index is 2.23. The molecule has 0 saturated carbocycles. The van der Waals surface area contributed by atoms with Crippen molar-refractivity contribution in [1.82, 2.24) is 5.32 Å². The van der Waals surface area contributed by atoms with Crippen molar-refractivity contribution in [1.29, 1.82) is 0 Å². The second kappa shape index (κ2) is 3.18. The zero-order chi connectivity index (χ0) is 6.69. The summed E-state index contributed by atoms with van der Waals surface area (Å²) in [6, 6.07) is 0. The second-order valence-corrected chi connectivity index (χ2v) is 2.59. The molecule has 1 fully saturated rings. The SMILES string of the molecule is [CH2]C(C)C1CNCCO1. The number of ether oxygens (including phenoxy) is 1. The van der Waals surface area contributed by atoms with Crippen molar-refractivity contribution in [2.45, 2.75) is 13.0 Å². The third-order valence-electron chi connectivity index (χ3n) is 1.59. The quantitative estimate of drug-likeness (QED) is 0.553. The van der Waals surface area contributed by atoms with E-state index in [1.807, 2.05) is 0 Å². The maximum absolute atomic E-state index is 5.41. The number of hydrogen-bond acceptors (Lipinski definition) is 2. The van der Waals surface area contributed by atoms with Gasteiger partial charge in [0.15, 0.2) is 0 Å². The highest BCUT2D eigenvalue weighted by Crippen LogP contribution is 2.06. The molecule has 0 aliphatic carbocycles. The van der Waals surface area contributed by atoms with Crippen molar-refractivity contribution in [3.63, 3.8) is 0 Å². The Morgan fingerprint density at radius 3 is 2.89 bits per heavy atom. The van der Waals surface area contributed by atoms with E-state index in [1.54, 1.807) is 0 Å². The third kappa shape index (κ3) is 1.95. The summed E-state index contributed by atoms with van der Waals surface area (Å²) in [7, 11) is 0. The molecule has 0 bridgehead atoms. The maximum atomic E-state index is 5.41. The van der Waals surface area contributed by atoms with Crippen LogP contribution in [0.15, 0.2) is 0 Å². The van der Waals surface area contributed by atoms with Crippen LogP contribution in [0.25, 0.3) is 0 Å². The molecule has 2 unspecified atom stereocenters. The summed E-state index contributed by atoms with van der Waals surface area (Å²) in [6.45, 7) is 8.77. The van der Waals surface area contributed by atoms with Gasteiger partial charge in [-0.2, -0.15) is 0 Å². The van der Waals surface area contributed by atoms with Crippen LogP contribution in [0.5, 0.6) is 0 Å². The monoisotopic (exact) mass is 128 g/mol. The molecular weight excluding hydrogens is 114 g/mol. The van der Waals surface area contributed by atoms with E-state index in [-0.39, 0.29) is 0 Å². The molecular formula is C7H14NO. The van der Waals surface area contributed by atoms with Crippen molar-refractivity contribution >= 4 is 0 Å². The van der Waals surface area contributed by atoms with Gasteiger partial charge >= 0.3 is 0 Å². The fraction of sp³-hybridized carbons (Fsp3) is 0.857. The lowest BCUT2D eigenvalue weighted by Crippen LogP contribution is -2.41. The lowest BCUT2D eigenvalue weighted by atomic mass is 10.1. The van der Waals surface area contributed by atoms with E-state index in [0.717, 1.165) is 19.7 Å². The molecule has 9 heavy (non-hydrogen) atoms. The molecule has 1 N–H and O–H groups in total. The highest BCUT2D eigenvalue weighted by molar-refractivity contribution is 4.73. The maximum Gasteiger partial charge on any atom is 0.0725 e. The van der Waals surface area contributed by atoms with Crippen LogP contribution in [-0.2, 0) is 4.74 Å². The molecule has 0 aromatic heterocycles. The van der Waals surface area contributed by atoms with Crippen molar-refractivity contribution in [2.75, 3.05) is 19.7 Å². The second-order valence-electron chi connectivity index (χ2n) is 2.59. The molecule has 53 valence electrons. The zero-order valence-corrected chi connectivity index (χ0v) is 5.89. The van der Waals surface area contributed by atoms with Crippen LogP contribution in [0, 0.1) is 12.8 Å². The number of morpholine rings is 1. The topological polar surface area (TPSA) is 21.3 Å². The van der Waals surface area contributed by atoms with Crippen LogP contribution < -0.4 is 5.32 Å². The van der Waals surface area contributed by atoms with Crippen LogP contribution in [-0.4, -0.2) is 25.8 Å². The average molecular weight is 128 g/mol. The van der Waals surface area contributed by atoms with Crippen LogP contribution >= 0.6 is 0 Å². The van der Waals surface area contributed by atoms with Crippen molar-refractivity contribution in [3.05, 3.63) is 6.92 Å². The van der Waals surface area contributed by atoms with Gasteiger partial charge in [-0.15, -0.1) is 0 Å². The van der Waals surface area contributed by atoms with Crippen molar-refractivity contribution < 1.29 is 4.74 Å². The predicted molar refractivity (Wildman–Crippen MR) is 37.1 cm³/mol. The number of hydrogen-bond donors (Lipinski definition) is 1. The molecule has 0 aromatic rings. The third-order valence-corrected chi connectivity index (χ3v) is 1.59. The molecule has 1 aliphatic rings. The van der Waals surface area contributed by atoms with Gasteiger partial charge in [-0.05, 0) is 12.8 Å². The van der Waals surface area contributed by atoms with Crippen LogP contribution in [0.1, 0.15) is 6.92 Å². The fourth-order valence-corrected chi connectivity index (χ4v) is 0.951. The van der Waals surface area contributed by atoms with Gasteiger partial charge in [0, 0.05) is 13.1 Å². The first kappa shape index (κ1) is 7.03. The summed E-state index contributed by atoms with van der Waals surface area (Å²) in [5, 5.41) is 3.25. The summed E-state index contributed by atoms with van der Waals surface area (Å²) < 4.78 is 5.41. The van der Waals surface area contributed by atoms with E-state index < -0.39 is 0 Å². The van der Waals surface area contributed by atoms with Gasteiger partial charge in [0.1, 0.15) is 0 Å². The Kier molecular flexibility index (Phi) is 2.49. The Labute approximate surface area is 56.6 Å². The molecule has 1 radical (unpaired) electrons. The van der Waals surface area contributed by atoms with E-state index in [0.29, 0.717) is 12.0 Å². The van der Waals surface area contributed by atoms with Gasteiger partial charge in [0.05, 0.1) is 12.7 Å². The minimum atomic E-state index is 0.332. The van der Waals surface area contributed by atoms with E-state index in [4.69, 9.17) is 4.74 Å². The van der Waals surface area contributed by atoms with E-state index in [9.17, 15) is 0 Å². The number of nitrogens with one attached hydrogen (secondary N) is 1. The Bertz CT molecular complexity index is 77.0. The molecule has 0 spiro atoms. The minimum Gasteiger partial charge on any atom is -0.375 e. The highest BCUT2D eigenvalue weighted by atomic mass is 16.5. The van der Waals surface area contributed by atoms with Crippen molar-refractivity contribution in [2.24, 2.45) is 5.92 Å². The number of rotatable bonds is 1. The summed E-state index contributed by atoms with van der Waals surface area (Å²) in [5.74, 6) is 0.401. The molecule has 1 aliphatic heterocycles. The molecule has 2 atom stereocenters. The van der Waals surface area contributed by atoms with Gasteiger partial charge in [-0.3, -0.25) is 0 Å². The largest absolute Gasteiger partial charge is 0.375 e. The molecule has 2 nitrogen and oxygen atoms in total. The van der Waals surface area contributed by atoms with Crippen LogP contribution in [0.4, 0.5) is 0 Å². The smallest absolute Gasteiger partial charge is 0.0725 e. The zero-order valence-electron chi connectivity index (χ0n) is 5.89. The van der Waals surface area contributed by atoms with E-state index in [1.165, 1.54) is 0 Å². The van der Waals surface area contributed by atoms with E-state index in [2.05, 4.69) is 19.2 Å².